The minimum Gasteiger partial charge on any atom is -0.323 e. The SMILES string of the molecule is NN=Cc1cccc(C=NN)n1. The lowest BCUT2D eigenvalue weighted by molar-refractivity contribution is 1.21. The second-order valence-corrected chi connectivity index (χ2v) is 2.04. The molecule has 0 aliphatic rings. The van der Waals surface area contributed by atoms with Crippen LogP contribution < -0.4 is 11.7 Å². The third-order valence-corrected chi connectivity index (χ3v) is 1.21. The summed E-state index contributed by atoms with van der Waals surface area (Å²) in [5.41, 5.74) is 1.35. The molecule has 1 heterocycles. The zero-order valence-corrected chi connectivity index (χ0v) is 6.38. The first kappa shape index (κ1) is 8.19. The van der Waals surface area contributed by atoms with E-state index in [9.17, 15) is 0 Å². The van der Waals surface area contributed by atoms with Gasteiger partial charge < -0.3 is 11.7 Å². The van der Waals surface area contributed by atoms with Crippen molar-refractivity contribution in [2.24, 2.45) is 21.9 Å². The molecule has 4 N–H and O–H groups in total. The van der Waals surface area contributed by atoms with Crippen molar-refractivity contribution in [1.82, 2.24) is 4.98 Å². The lowest BCUT2D eigenvalue weighted by Gasteiger charge is -1.92. The normalized spacial score (nSPS) is 11.3. The van der Waals surface area contributed by atoms with Gasteiger partial charge in [0.25, 0.3) is 0 Å². The van der Waals surface area contributed by atoms with Gasteiger partial charge in [0.1, 0.15) is 0 Å². The van der Waals surface area contributed by atoms with E-state index in [0.29, 0.717) is 11.4 Å². The van der Waals surface area contributed by atoms with E-state index in [-0.39, 0.29) is 0 Å². The molecule has 0 radical (unpaired) electrons. The Bertz CT molecular complexity index is 277. The molecule has 0 aliphatic heterocycles. The van der Waals surface area contributed by atoms with E-state index in [2.05, 4.69) is 15.2 Å². The van der Waals surface area contributed by atoms with E-state index in [1.54, 1.807) is 12.1 Å². The average Bonchev–Trinajstić information content (AvgIpc) is 2.06. The highest BCUT2D eigenvalue weighted by Crippen LogP contribution is 1.93. The Hall–Kier alpha value is -1.91. The van der Waals surface area contributed by atoms with Gasteiger partial charge in [0.05, 0.1) is 23.8 Å². The molecule has 0 saturated carbocycles. The second kappa shape index (κ2) is 4.07. The monoisotopic (exact) mass is 163 g/mol. The van der Waals surface area contributed by atoms with Gasteiger partial charge in [-0.15, -0.1) is 0 Å². The minimum atomic E-state index is 0.676. The number of aromatic nitrogens is 1. The van der Waals surface area contributed by atoms with E-state index in [0.717, 1.165) is 0 Å². The first-order valence-corrected chi connectivity index (χ1v) is 3.30. The molecule has 0 aliphatic carbocycles. The molecule has 1 aromatic heterocycles. The third kappa shape index (κ3) is 2.05. The molecule has 0 spiro atoms. The van der Waals surface area contributed by atoms with Crippen LogP contribution >= 0.6 is 0 Å². The third-order valence-electron chi connectivity index (χ3n) is 1.21. The number of hydrogen-bond donors (Lipinski definition) is 2. The van der Waals surface area contributed by atoms with Crippen LogP contribution in [0.2, 0.25) is 0 Å². The summed E-state index contributed by atoms with van der Waals surface area (Å²) in [6.07, 6.45) is 2.90. The zero-order chi connectivity index (χ0) is 8.81. The number of pyridine rings is 1. The summed E-state index contributed by atoms with van der Waals surface area (Å²) in [5, 5.41) is 6.69. The van der Waals surface area contributed by atoms with Crippen LogP contribution in [0.4, 0.5) is 0 Å². The molecular formula is C7H9N5. The van der Waals surface area contributed by atoms with E-state index in [4.69, 9.17) is 11.7 Å². The van der Waals surface area contributed by atoms with Gasteiger partial charge in [-0.25, -0.2) is 4.98 Å². The minimum absolute atomic E-state index is 0.676. The van der Waals surface area contributed by atoms with Crippen molar-refractivity contribution in [3.8, 4) is 0 Å². The average molecular weight is 163 g/mol. The summed E-state index contributed by atoms with van der Waals surface area (Å²) >= 11 is 0. The number of hydrogen-bond acceptors (Lipinski definition) is 5. The van der Waals surface area contributed by atoms with Crippen molar-refractivity contribution in [2.75, 3.05) is 0 Å². The molecule has 0 aromatic carbocycles. The lowest BCUT2D eigenvalue weighted by Crippen LogP contribution is -1.95. The first-order valence-electron chi connectivity index (χ1n) is 3.30. The van der Waals surface area contributed by atoms with E-state index >= 15 is 0 Å². The maximum atomic E-state index is 4.96. The molecule has 0 bridgehead atoms. The highest BCUT2D eigenvalue weighted by Gasteiger charge is 1.90. The number of nitrogens with two attached hydrogens (primary N) is 2. The largest absolute Gasteiger partial charge is 0.323 e. The summed E-state index contributed by atoms with van der Waals surface area (Å²) in [7, 11) is 0. The van der Waals surface area contributed by atoms with Gasteiger partial charge in [0.15, 0.2) is 0 Å². The summed E-state index contributed by atoms with van der Waals surface area (Å²) in [4.78, 5) is 4.09. The Balaban J connectivity index is 2.95. The first-order chi connectivity index (χ1) is 5.86. The molecular weight excluding hydrogens is 154 g/mol. The Morgan fingerprint density at radius 2 is 1.58 bits per heavy atom. The van der Waals surface area contributed by atoms with E-state index < -0.39 is 0 Å². The summed E-state index contributed by atoms with van der Waals surface area (Å²) < 4.78 is 0. The standard InChI is InChI=1S/C7H9N5/c8-10-4-6-2-1-3-7(12-6)5-11-9/h1-5H,8-9H2. The van der Waals surface area contributed by atoms with Gasteiger partial charge in [-0.2, -0.15) is 10.2 Å². The fourth-order valence-corrected chi connectivity index (χ4v) is 0.765. The van der Waals surface area contributed by atoms with E-state index in [1.807, 2.05) is 6.07 Å². The Morgan fingerprint density at radius 3 is 2.00 bits per heavy atom. The molecule has 0 fully saturated rings. The van der Waals surface area contributed by atoms with Crippen LogP contribution in [0.15, 0.2) is 28.4 Å². The van der Waals surface area contributed by atoms with Crippen molar-refractivity contribution < 1.29 is 0 Å². The maximum Gasteiger partial charge on any atom is 0.0838 e. The van der Waals surface area contributed by atoms with Crippen LogP contribution in [0, 0.1) is 0 Å². The highest BCUT2D eigenvalue weighted by atomic mass is 15.1. The maximum absolute atomic E-state index is 4.96. The summed E-state index contributed by atoms with van der Waals surface area (Å²) in [6, 6.07) is 5.38. The molecule has 62 valence electrons. The van der Waals surface area contributed by atoms with Crippen LogP contribution in [-0.2, 0) is 0 Å². The predicted octanol–water partition coefficient (Wildman–Crippen LogP) is -0.333. The quantitative estimate of drug-likeness (QED) is 0.355. The van der Waals surface area contributed by atoms with Gasteiger partial charge >= 0.3 is 0 Å². The van der Waals surface area contributed by atoms with Crippen LogP contribution in [0.5, 0.6) is 0 Å². The van der Waals surface area contributed by atoms with Crippen LogP contribution in [0.25, 0.3) is 0 Å². The van der Waals surface area contributed by atoms with Gasteiger partial charge in [-0.05, 0) is 12.1 Å². The predicted molar refractivity (Wildman–Crippen MR) is 47.8 cm³/mol. The van der Waals surface area contributed by atoms with Gasteiger partial charge in [-0.1, -0.05) is 6.07 Å². The number of hydrazone groups is 2. The molecule has 0 amide bonds. The molecule has 0 atom stereocenters. The van der Waals surface area contributed by atoms with Crippen molar-refractivity contribution in [3.05, 3.63) is 29.6 Å². The summed E-state index contributed by atoms with van der Waals surface area (Å²) in [6.45, 7) is 0. The Labute approximate surface area is 69.8 Å². The van der Waals surface area contributed by atoms with Crippen molar-refractivity contribution in [1.29, 1.82) is 0 Å². The molecule has 5 heteroatoms. The zero-order valence-electron chi connectivity index (χ0n) is 6.38. The van der Waals surface area contributed by atoms with Gasteiger partial charge in [0.2, 0.25) is 0 Å². The fourth-order valence-electron chi connectivity index (χ4n) is 0.765. The molecule has 0 saturated heterocycles. The van der Waals surface area contributed by atoms with Crippen molar-refractivity contribution in [2.45, 2.75) is 0 Å². The molecule has 1 aromatic rings. The fraction of sp³-hybridized carbons (Fsp3) is 0. The van der Waals surface area contributed by atoms with E-state index in [1.165, 1.54) is 12.4 Å². The van der Waals surface area contributed by atoms with Crippen LogP contribution in [0.3, 0.4) is 0 Å². The molecule has 12 heavy (non-hydrogen) atoms. The Morgan fingerprint density at radius 1 is 1.08 bits per heavy atom. The van der Waals surface area contributed by atoms with Gasteiger partial charge in [-0.3, -0.25) is 0 Å². The van der Waals surface area contributed by atoms with Crippen LogP contribution in [0.1, 0.15) is 11.4 Å². The topological polar surface area (TPSA) is 89.6 Å². The molecule has 0 unspecified atom stereocenters. The highest BCUT2D eigenvalue weighted by molar-refractivity contribution is 5.81. The van der Waals surface area contributed by atoms with Crippen molar-refractivity contribution in [3.63, 3.8) is 0 Å². The van der Waals surface area contributed by atoms with Crippen LogP contribution in [-0.4, -0.2) is 17.4 Å². The molecule has 5 nitrogen and oxygen atoms in total. The Kier molecular flexibility index (Phi) is 2.78. The number of rotatable bonds is 2. The smallest absolute Gasteiger partial charge is 0.0838 e. The summed E-state index contributed by atoms with van der Waals surface area (Å²) in [5.74, 6) is 9.91. The second-order valence-electron chi connectivity index (χ2n) is 2.04. The lowest BCUT2D eigenvalue weighted by atomic mass is 10.3. The molecule has 1 rings (SSSR count). The number of nitrogens with zero attached hydrogens (tertiary/aromatic N) is 3. The van der Waals surface area contributed by atoms with Gasteiger partial charge in [0, 0.05) is 0 Å². The van der Waals surface area contributed by atoms with Crippen molar-refractivity contribution >= 4 is 12.4 Å².